The van der Waals surface area contributed by atoms with Crippen LogP contribution in [0.4, 0.5) is 0 Å². The van der Waals surface area contributed by atoms with Gasteiger partial charge in [0.25, 0.3) is 0 Å². The van der Waals surface area contributed by atoms with Crippen molar-refractivity contribution < 1.29 is 49.3 Å². The summed E-state index contributed by atoms with van der Waals surface area (Å²) >= 11 is 0. The van der Waals surface area contributed by atoms with Crippen LogP contribution in [-0.2, 0) is 4.74 Å². The van der Waals surface area contributed by atoms with Crippen molar-refractivity contribution in [2.75, 3.05) is 13.7 Å². The summed E-state index contributed by atoms with van der Waals surface area (Å²) in [7, 11) is 1.50. The molecule has 5 atom stereocenters. The lowest BCUT2D eigenvalue weighted by atomic mass is 9.99. The molecular formula is C22H22O11. The van der Waals surface area contributed by atoms with E-state index >= 15 is 0 Å². The molecule has 0 bridgehead atoms. The number of aliphatic hydroxyl groups is 4. The molecule has 0 saturated carbocycles. The van der Waals surface area contributed by atoms with Crippen molar-refractivity contribution in [3.63, 3.8) is 0 Å². The molecule has 1 aromatic heterocycles. The predicted octanol–water partition coefficient (Wildman–Crippen LogP) is 0.0585. The van der Waals surface area contributed by atoms with Crippen molar-refractivity contribution in [2.24, 2.45) is 0 Å². The van der Waals surface area contributed by atoms with E-state index in [-0.39, 0.29) is 16.7 Å². The van der Waals surface area contributed by atoms with Gasteiger partial charge in [-0.25, -0.2) is 0 Å². The van der Waals surface area contributed by atoms with Crippen LogP contribution in [0.3, 0.4) is 0 Å². The molecule has 0 radical (unpaired) electrons. The Hall–Kier alpha value is -3.35. The van der Waals surface area contributed by atoms with E-state index in [1.807, 2.05) is 0 Å². The zero-order valence-corrected chi connectivity index (χ0v) is 17.3. The van der Waals surface area contributed by atoms with Crippen LogP contribution in [-0.4, -0.2) is 75.1 Å². The number of phenols is 2. The number of fused-ring (bicyclic) bond motifs is 1. The van der Waals surface area contributed by atoms with Gasteiger partial charge in [0.1, 0.15) is 47.1 Å². The van der Waals surface area contributed by atoms with Crippen molar-refractivity contribution in [3.8, 4) is 34.3 Å². The largest absolute Gasteiger partial charge is 0.507 e. The first-order chi connectivity index (χ1) is 15.7. The van der Waals surface area contributed by atoms with Crippen LogP contribution in [0, 0.1) is 0 Å². The fourth-order valence-electron chi connectivity index (χ4n) is 3.57. The fraction of sp³-hybridized carbons (Fsp3) is 0.318. The summed E-state index contributed by atoms with van der Waals surface area (Å²) in [6, 6.07) is 8.55. The molecule has 1 aliphatic rings. The second-order valence-corrected chi connectivity index (χ2v) is 7.47. The summed E-state index contributed by atoms with van der Waals surface area (Å²) in [4.78, 5) is 12.8. The van der Waals surface area contributed by atoms with Crippen molar-refractivity contribution >= 4 is 11.0 Å². The first kappa shape index (κ1) is 22.8. The van der Waals surface area contributed by atoms with Crippen LogP contribution in [0.25, 0.3) is 22.3 Å². The highest BCUT2D eigenvalue weighted by atomic mass is 16.7. The fourth-order valence-corrected chi connectivity index (χ4v) is 3.57. The van der Waals surface area contributed by atoms with Gasteiger partial charge in [0.2, 0.25) is 12.0 Å². The van der Waals surface area contributed by atoms with Crippen molar-refractivity contribution in [3.05, 3.63) is 46.6 Å². The molecule has 0 spiro atoms. The molecule has 1 aliphatic heterocycles. The van der Waals surface area contributed by atoms with Crippen molar-refractivity contribution in [1.82, 2.24) is 0 Å². The number of rotatable bonds is 5. The molecule has 0 amide bonds. The Morgan fingerprint density at radius 2 is 1.67 bits per heavy atom. The highest BCUT2D eigenvalue weighted by Gasteiger charge is 2.45. The van der Waals surface area contributed by atoms with E-state index in [2.05, 4.69) is 0 Å². The minimum absolute atomic E-state index is 0.0822. The van der Waals surface area contributed by atoms with E-state index in [0.29, 0.717) is 11.3 Å². The molecule has 2 unspecified atom stereocenters. The molecule has 3 aromatic rings. The number of hydrogen-bond donors (Lipinski definition) is 6. The molecule has 0 aliphatic carbocycles. The Labute approximate surface area is 186 Å². The van der Waals surface area contributed by atoms with E-state index in [9.17, 15) is 35.4 Å². The number of methoxy groups -OCH3 is 1. The molecule has 6 N–H and O–H groups in total. The van der Waals surface area contributed by atoms with Gasteiger partial charge in [0.15, 0.2) is 16.8 Å². The SMILES string of the molecule is COc1ccc(-c2cc(=O)c3c(O)cc(O)c(O[C@@H]4OC(CO)[C@@H](O)[C@H](O)C4O)c3o2)cc1. The van der Waals surface area contributed by atoms with Gasteiger partial charge in [-0.1, -0.05) is 0 Å². The van der Waals surface area contributed by atoms with Gasteiger partial charge in [-0.05, 0) is 24.3 Å². The molecule has 4 rings (SSSR count). The summed E-state index contributed by atoms with van der Waals surface area (Å²) in [5.41, 5.74) is -0.502. The molecule has 11 heteroatoms. The zero-order valence-electron chi connectivity index (χ0n) is 17.3. The molecule has 176 valence electrons. The van der Waals surface area contributed by atoms with Crippen molar-refractivity contribution in [1.29, 1.82) is 0 Å². The maximum absolute atomic E-state index is 12.8. The lowest BCUT2D eigenvalue weighted by Gasteiger charge is -2.39. The topological polar surface area (TPSA) is 179 Å². The van der Waals surface area contributed by atoms with E-state index in [1.165, 1.54) is 7.11 Å². The predicted molar refractivity (Wildman–Crippen MR) is 112 cm³/mol. The van der Waals surface area contributed by atoms with E-state index in [1.54, 1.807) is 24.3 Å². The van der Waals surface area contributed by atoms with Gasteiger partial charge in [-0.2, -0.15) is 0 Å². The molecule has 2 aromatic carbocycles. The van der Waals surface area contributed by atoms with Gasteiger partial charge in [-0.3, -0.25) is 4.79 Å². The minimum atomic E-state index is -1.78. The van der Waals surface area contributed by atoms with Crippen LogP contribution in [0.5, 0.6) is 23.0 Å². The second kappa shape index (κ2) is 8.89. The summed E-state index contributed by atoms with van der Waals surface area (Å²) in [6.07, 6.45) is -8.04. The Balaban J connectivity index is 1.82. The van der Waals surface area contributed by atoms with E-state index in [4.69, 9.17) is 18.6 Å². The Morgan fingerprint density at radius 1 is 0.970 bits per heavy atom. The first-order valence-electron chi connectivity index (χ1n) is 9.89. The minimum Gasteiger partial charge on any atom is -0.507 e. The highest BCUT2D eigenvalue weighted by molar-refractivity contribution is 5.91. The number of aliphatic hydroxyl groups excluding tert-OH is 4. The monoisotopic (exact) mass is 462 g/mol. The average Bonchev–Trinajstić information content (AvgIpc) is 2.81. The summed E-state index contributed by atoms with van der Waals surface area (Å²) in [6.45, 7) is -0.691. The number of benzene rings is 2. The smallest absolute Gasteiger partial charge is 0.229 e. The zero-order chi connectivity index (χ0) is 23.9. The quantitative estimate of drug-likeness (QED) is 0.302. The Kier molecular flexibility index (Phi) is 6.15. The lowest BCUT2D eigenvalue weighted by molar-refractivity contribution is -0.277. The van der Waals surface area contributed by atoms with Gasteiger partial charge in [-0.15, -0.1) is 0 Å². The van der Waals surface area contributed by atoms with Gasteiger partial charge >= 0.3 is 0 Å². The van der Waals surface area contributed by atoms with Gasteiger partial charge in [0.05, 0.1) is 13.7 Å². The van der Waals surface area contributed by atoms with Crippen LogP contribution in [0.15, 0.2) is 45.6 Å². The number of ether oxygens (including phenoxy) is 3. The standard InChI is InChI=1S/C22H22O11/c1-30-10-4-2-9(3-5-10)14-7-12(25)16-11(24)6-13(26)20(21(16)31-14)33-22-19(29)18(28)17(27)15(8-23)32-22/h2-7,15,17-19,22-24,26-29H,8H2,1H3/t15?,17-,18+,19?,22+/m1/s1. The third-order valence-electron chi connectivity index (χ3n) is 5.37. The van der Waals surface area contributed by atoms with Crippen LogP contribution < -0.4 is 14.9 Å². The molecule has 1 saturated heterocycles. The summed E-state index contributed by atoms with van der Waals surface area (Å²) in [5, 5.41) is 59.9. The molecule has 33 heavy (non-hydrogen) atoms. The molecule has 2 heterocycles. The van der Waals surface area contributed by atoms with Crippen LogP contribution >= 0.6 is 0 Å². The molecular weight excluding hydrogens is 440 g/mol. The van der Waals surface area contributed by atoms with Crippen LogP contribution in [0.2, 0.25) is 0 Å². The maximum Gasteiger partial charge on any atom is 0.229 e. The number of phenolic OH excluding ortho intramolecular Hbond substituents is 2. The second-order valence-electron chi connectivity index (χ2n) is 7.47. The summed E-state index contributed by atoms with van der Waals surface area (Å²) < 4.78 is 21.7. The normalized spacial score (nSPS) is 25.2. The maximum atomic E-state index is 12.8. The van der Waals surface area contributed by atoms with E-state index in [0.717, 1.165) is 12.1 Å². The summed E-state index contributed by atoms with van der Waals surface area (Å²) in [5.74, 6) is -1.02. The van der Waals surface area contributed by atoms with E-state index < -0.39 is 60.0 Å². The van der Waals surface area contributed by atoms with Crippen LogP contribution in [0.1, 0.15) is 0 Å². The Bertz CT molecular complexity index is 1200. The highest BCUT2D eigenvalue weighted by Crippen LogP contribution is 2.42. The van der Waals surface area contributed by atoms with Crippen molar-refractivity contribution in [2.45, 2.75) is 30.7 Å². The Morgan fingerprint density at radius 3 is 2.30 bits per heavy atom. The first-order valence-corrected chi connectivity index (χ1v) is 9.89. The third-order valence-corrected chi connectivity index (χ3v) is 5.37. The lowest BCUT2D eigenvalue weighted by Crippen LogP contribution is -2.60. The van der Waals surface area contributed by atoms with Gasteiger partial charge < -0.3 is 49.3 Å². The molecule has 11 nitrogen and oxygen atoms in total. The van der Waals surface area contributed by atoms with Gasteiger partial charge in [0, 0.05) is 17.7 Å². The third kappa shape index (κ3) is 4.08. The average molecular weight is 462 g/mol. The molecule has 1 fully saturated rings. The number of hydrogen-bond acceptors (Lipinski definition) is 11. The number of aromatic hydroxyl groups is 2.